The van der Waals surface area contributed by atoms with Crippen molar-refractivity contribution in [3.63, 3.8) is 0 Å². The zero-order chi connectivity index (χ0) is 11.8. The lowest BCUT2D eigenvalue weighted by Gasteiger charge is -2.02. The molecule has 0 spiro atoms. The summed E-state index contributed by atoms with van der Waals surface area (Å²) >= 11 is 0. The first-order valence-electron chi connectivity index (χ1n) is 5.30. The second-order valence-electron chi connectivity index (χ2n) is 3.24. The molecule has 0 saturated carbocycles. The Labute approximate surface area is 93.3 Å². The van der Waals surface area contributed by atoms with E-state index >= 15 is 0 Å². The largest absolute Gasteiger partial charge is 0.399 e. The van der Waals surface area contributed by atoms with Crippen LogP contribution in [0.5, 0.6) is 0 Å². The number of rotatable bonds is 2. The Kier molecular flexibility index (Phi) is 6.19. The predicted octanol–water partition coefficient (Wildman–Crippen LogP) is 3.90. The normalized spacial score (nSPS) is 10.3. The van der Waals surface area contributed by atoms with Gasteiger partial charge in [0.25, 0.3) is 0 Å². The molecule has 0 aliphatic rings. The third-order valence-corrected chi connectivity index (χ3v) is 1.99. The Morgan fingerprint density at radius 1 is 1.27 bits per heavy atom. The maximum Gasteiger partial charge on any atom is 0.0343 e. The highest BCUT2D eigenvalue weighted by molar-refractivity contribution is 5.59. The highest BCUT2D eigenvalue weighted by Gasteiger charge is 1.94. The molecule has 0 radical (unpaired) electrons. The van der Waals surface area contributed by atoms with Crippen molar-refractivity contribution in [2.24, 2.45) is 5.73 Å². The van der Waals surface area contributed by atoms with Crippen LogP contribution in [0.4, 0.5) is 0 Å². The summed E-state index contributed by atoms with van der Waals surface area (Å²) < 4.78 is 0. The summed E-state index contributed by atoms with van der Waals surface area (Å²) in [5.74, 6) is 0. The molecule has 0 aromatic heterocycles. The van der Waals surface area contributed by atoms with Crippen LogP contribution >= 0.6 is 0 Å². The lowest BCUT2D eigenvalue weighted by atomic mass is 10.1. The first-order chi connectivity index (χ1) is 7.11. The van der Waals surface area contributed by atoms with Crippen LogP contribution in [0, 0.1) is 6.92 Å². The summed E-state index contributed by atoms with van der Waals surface area (Å²) in [5, 5.41) is 0. The van der Waals surface area contributed by atoms with Gasteiger partial charge in [-0.15, -0.1) is 0 Å². The average molecular weight is 203 g/mol. The Morgan fingerprint density at radius 3 is 2.27 bits per heavy atom. The van der Waals surface area contributed by atoms with E-state index < -0.39 is 0 Å². The second kappa shape index (κ2) is 6.88. The minimum atomic E-state index is 0.745. The molecule has 0 fully saturated rings. The summed E-state index contributed by atoms with van der Waals surface area (Å²) in [5.41, 5.74) is 9.81. The first kappa shape index (κ1) is 13.5. The minimum absolute atomic E-state index is 0.745. The van der Waals surface area contributed by atoms with E-state index in [0.29, 0.717) is 0 Å². The second-order valence-corrected chi connectivity index (χ2v) is 3.24. The maximum absolute atomic E-state index is 5.78. The average Bonchev–Trinajstić information content (AvgIpc) is 2.24. The van der Waals surface area contributed by atoms with Crippen LogP contribution in [0.15, 0.2) is 42.1 Å². The molecule has 0 bridgehead atoms. The molecule has 2 N–H and O–H groups in total. The van der Waals surface area contributed by atoms with Crippen molar-refractivity contribution < 1.29 is 0 Å². The van der Waals surface area contributed by atoms with E-state index in [1.54, 1.807) is 0 Å². The van der Waals surface area contributed by atoms with E-state index in [9.17, 15) is 0 Å². The fraction of sp³-hybridized carbons (Fsp3) is 0.286. The number of hydrogen-bond donors (Lipinski definition) is 1. The highest BCUT2D eigenvalue weighted by atomic mass is 14.6. The van der Waals surface area contributed by atoms with E-state index in [0.717, 1.165) is 16.8 Å². The molecule has 0 atom stereocenters. The van der Waals surface area contributed by atoms with Crippen molar-refractivity contribution in [3.8, 4) is 0 Å². The smallest absolute Gasteiger partial charge is 0.0343 e. The van der Waals surface area contributed by atoms with Crippen LogP contribution < -0.4 is 5.73 Å². The van der Waals surface area contributed by atoms with Gasteiger partial charge in [0.15, 0.2) is 0 Å². The molecule has 15 heavy (non-hydrogen) atoms. The standard InChI is InChI=1S/C12H15N.C2H6/c1-9(2)12(13)8-11-7-5-4-6-10(11)3;1-2/h4-8H,1,13H2,2-3H3;1-2H3/b12-8-;. The molecule has 82 valence electrons. The number of allylic oxidation sites excluding steroid dienone is 1. The minimum Gasteiger partial charge on any atom is -0.399 e. The Bertz CT molecular complexity index is 348. The molecule has 1 heteroatoms. The summed E-state index contributed by atoms with van der Waals surface area (Å²) in [4.78, 5) is 0. The van der Waals surface area contributed by atoms with Crippen molar-refractivity contribution in [1.29, 1.82) is 0 Å². The third kappa shape index (κ3) is 4.50. The lowest BCUT2D eigenvalue weighted by Crippen LogP contribution is -1.97. The first-order valence-corrected chi connectivity index (χ1v) is 5.30. The van der Waals surface area contributed by atoms with Crippen LogP contribution in [-0.2, 0) is 0 Å². The lowest BCUT2D eigenvalue weighted by molar-refractivity contribution is 1.32. The molecular formula is C14H21N. The molecule has 1 rings (SSSR count). The summed E-state index contributed by atoms with van der Waals surface area (Å²) in [6.45, 7) is 11.8. The fourth-order valence-corrected chi connectivity index (χ4v) is 1.04. The van der Waals surface area contributed by atoms with Crippen LogP contribution in [0.3, 0.4) is 0 Å². The zero-order valence-corrected chi connectivity index (χ0v) is 10.2. The summed E-state index contributed by atoms with van der Waals surface area (Å²) in [7, 11) is 0. The van der Waals surface area contributed by atoms with Crippen molar-refractivity contribution in [1.82, 2.24) is 0 Å². The molecule has 1 aromatic rings. The monoisotopic (exact) mass is 203 g/mol. The SMILES string of the molecule is C=C(C)/C(N)=C/c1ccccc1C.CC. The predicted molar refractivity (Wildman–Crippen MR) is 69.5 cm³/mol. The molecule has 0 amide bonds. The summed E-state index contributed by atoms with van der Waals surface area (Å²) in [6, 6.07) is 8.14. The van der Waals surface area contributed by atoms with Gasteiger partial charge >= 0.3 is 0 Å². The molecule has 0 aliphatic carbocycles. The number of aryl methyl sites for hydroxylation is 1. The van der Waals surface area contributed by atoms with Crippen molar-refractivity contribution in [2.75, 3.05) is 0 Å². The molecule has 1 aromatic carbocycles. The molecule has 0 saturated heterocycles. The van der Waals surface area contributed by atoms with Gasteiger partial charge in [0.05, 0.1) is 0 Å². The Hall–Kier alpha value is -1.50. The fourth-order valence-electron chi connectivity index (χ4n) is 1.04. The van der Waals surface area contributed by atoms with E-state index in [-0.39, 0.29) is 0 Å². The van der Waals surface area contributed by atoms with Crippen LogP contribution in [0.1, 0.15) is 31.9 Å². The Morgan fingerprint density at radius 2 is 1.80 bits per heavy atom. The van der Waals surface area contributed by atoms with E-state index in [1.807, 2.05) is 45.0 Å². The van der Waals surface area contributed by atoms with Crippen LogP contribution in [0.25, 0.3) is 6.08 Å². The number of nitrogens with two attached hydrogens (primary N) is 1. The van der Waals surface area contributed by atoms with Crippen LogP contribution in [-0.4, -0.2) is 0 Å². The van der Waals surface area contributed by atoms with Crippen molar-refractivity contribution in [3.05, 3.63) is 53.2 Å². The third-order valence-electron chi connectivity index (χ3n) is 1.99. The van der Waals surface area contributed by atoms with E-state index in [1.165, 1.54) is 5.56 Å². The molecule has 0 unspecified atom stereocenters. The zero-order valence-electron chi connectivity index (χ0n) is 10.2. The molecule has 0 aliphatic heterocycles. The van der Waals surface area contributed by atoms with Gasteiger partial charge in [0.1, 0.15) is 0 Å². The topological polar surface area (TPSA) is 26.0 Å². The Balaban J connectivity index is 0.000000921. The number of benzene rings is 1. The van der Waals surface area contributed by atoms with Gasteiger partial charge in [-0.2, -0.15) is 0 Å². The van der Waals surface area contributed by atoms with Gasteiger partial charge in [0.2, 0.25) is 0 Å². The van der Waals surface area contributed by atoms with Gasteiger partial charge in [-0.1, -0.05) is 44.7 Å². The van der Waals surface area contributed by atoms with E-state index in [4.69, 9.17) is 5.73 Å². The molecular weight excluding hydrogens is 182 g/mol. The van der Waals surface area contributed by atoms with Gasteiger partial charge in [-0.25, -0.2) is 0 Å². The highest BCUT2D eigenvalue weighted by Crippen LogP contribution is 2.12. The van der Waals surface area contributed by atoms with Crippen molar-refractivity contribution in [2.45, 2.75) is 27.7 Å². The van der Waals surface area contributed by atoms with E-state index in [2.05, 4.69) is 19.6 Å². The summed E-state index contributed by atoms with van der Waals surface area (Å²) in [6.07, 6.45) is 1.96. The van der Waals surface area contributed by atoms with Crippen LogP contribution in [0.2, 0.25) is 0 Å². The van der Waals surface area contributed by atoms with Gasteiger partial charge in [-0.3, -0.25) is 0 Å². The van der Waals surface area contributed by atoms with Gasteiger partial charge in [0, 0.05) is 5.70 Å². The van der Waals surface area contributed by atoms with Gasteiger partial charge in [-0.05, 0) is 36.6 Å². The number of hydrogen-bond acceptors (Lipinski definition) is 1. The molecule has 0 heterocycles. The maximum atomic E-state index is 5.78. The van der Waals surface area contributed by atoms with Crippen molar-refractivity contribution >= 4 is 6.08 Å². The van der Waals surface area contributed by atoms with Gasteiger partial charge < -0.3 is 5.73 Å². The molecule has 1 nitrogen and oxygen atoms in total. The quantitative estimate of drug-likeness (QED) is 0.725.